The minimum absolute atomic E-state index is 0.0382. The lowest BCUT2D eigenvalue weighted by Gasteiger charge is -2.11. The van der Waals surface area contributed by atoms with Crippen LogP contribution in [0.3, 0.4) is 0 Å². The zero-order chi connectivity index (χ0) is 23.8. The first-order valence-electron chi connectivity index (χ1n) is 10.1. The van der Waals surface area contributed by atoms with Crippen molar-refractivity contribution < 1.29 is 31.5 Å². The molecule has 11 heteroatoms. The zero-order valence-corrected chi connectivity index (χ0v) is 19.6. The van der Waals surface area contributed by atoms with Crippen molar-refractivity contribution in [3.05, 3.63) is 48.0 Å². The van der Waals surface area contributed by atoms with Gasteiger partial charge in [0.2, 0.25) is 10.0 Å². The number of sulfonamides is 1. The lowest BCUT2D eigenvalue weighted by Crippen LogP contribution is -2.22. The fourth-order valence-corrected chi connectivity index (χ4v) is 4.76. The largest absolute Gasteiger partial charge is 0.478 e. The van der Waals surface area contributed by atoms with Crippen LogP contribution in [0.25, 0.3) is 0 Å². The van der Waals surface area contributed by atoms with Gasteiger partial charge in [0.15, 0.2) is 9.84 Å². The molecule has 1 heterocycles. The van der Waals surface area contributed by atoms with E-state index >= 15 is 0 Å². The third-order valence-corrected chi connectivity index (χ3v) is 7.17. The Kier molecular flexibility index (Phi) is 9.20. The van der Waals surface area contributed by atoms with Crippen LogP contribution in [0.1, 0.15) is 36.5 Å². The van der Waals surface area contributed by atoms with Crippen LogP contribution in [0.15, 0.2) is 52.3 Å². The van der Waals surface area contributed by atoms with Gasteiger partial charge in [-0.05, 0) is 68.4 Å². The van der Waals surface area contributed by atoms with Gasteiger partial charge >= 0.3 is 5.97 Å². The van der Waals surface area contributed by atoms with E-state index in [9.17, 15) is 21.6 Å². The molecule has 0 aliphatic carbocycles. The predicted molar refractivity (Wildman–Crippen MR) is 121 cm³/mol. The number of ether oxygens (including phenoxy) is 1. The number of piperidine rings is 1. The molecule has 0 unspecified atom stereocenters. The molecule has 0 saturated carbocycles. The van der Waals surface area contributed by atoms with Crippen LogP contribution in [0.2, 0.25) is 0 Å². The summed E-state index contributed by atoms with van der Waals surface area (Å²) in [6.07, 6.45) is 5.15. The summed E-state index contributed by atoms with van der Waals surface area (Å²) in [4.78, 5) is 10.8. The second-order valence-corrected chi connectivity index (χ2v) is 10.9. The molecule has 0 bridgehead atoms. The number of rotatable bonds is 7. The first-order chi connectivity index (χ1) is 15.0. The molecule has 1 fully saturated rings. The van der Waals surface area contributed by atoms with Gasteiger partial charge in [0.1, 0.15) is 16.4 Å². The first-order valence-corrected chi connectivity index (χ1v) is 13.5. The summed E-state index contributed by atoms with van der Waals surface area (Å²) in [7, 11) is -7.36. The van der Waals surface area contributed by atoms with Gasteiger partial charge < -0.3 is 15.2 Å². The number of hydrogen-bond donors (Lipinski definition) is 3. The average molecular weight is 485 g/mol. The van der Waals surface area contributed by atoms with Crippen molar-refractivity contribution in [3.8, 4) is 11.5 Å². The van der Waals surface area contributed by atoms with Gasteiger partial charge in [-0.2, -0.15) is 0 Å². The van der Waals surface area contributed by atoms with Crippen molar-refractivity contribution in [3.63, 3.8) is 0 Å². The molecule has 3 rings (SSSR count). The van der Waals surface area contributed by atoms with Crippen molar-refractivity contribution in [1.29, 1.82) is 0 Å². The molecule has 3 N–H and O–H groups in total. The normalized spacial score (nSPS) is 14.2. The van der Waals surface area contributed by atoms with E-state index in [0.29, 0.717) is 0 Å². The molecular weight excluding hydrogens is 456 g/mol. The number of nitrogens with one attached hydrogen (secondary N) is 2. The smallest absolute Gasteiger partial charge is 0.335 e. The Morgan fingerprint density at radius 2 is 1.66 bits per heavy atom. The first kappa shape index (κ1) is 25.8. The third-order valence-electron chi connectivity index (χ3n) is 4.49. The van der Waals surface area contributed by atoms with Gasteiger partial charge in [-0.3, -0.25) is 0 Å². The molecule has 0 atom stereocenters. The van der Waals surface area contributed by atoms with Crippen molar-refractivity contribution >= 4 is 25.8 Å². The highest BCUT2D eigenvalue weighted by Gasteiger charge is 2.19. The molecule has 2 aromatic carbocycles. The number of carbonyl (C=O) groups is 1. The van der Waals surface area contributed by atoms with E-state index < -0.39 is 25.8 Å². The summed E-state index contributed by atoms with van der Waals surface area (Å²) in [5.74, 6) is -1.12. The summed E-state index contributed by atoms with van der Waals surface area (Å²) in [6, 6.07) is 8.86. The van der Waals surface area contributed by atoms with Crippen LogP contribution in [-0.2, 0) is 19.9 Å². The molecule has 2 aromatic rings. The van der Waals surface area contributed by atoms with Gasteiger partial charge in [0.05, 0.1) is 10.5 Å². The SMILES string of the molecule is C1CCNCC1.CCNS(=O)(=O)c1ccc(Oc2ccc(C(=O)O)cc2S(C)(=O)=O)cc1. The molecule has 1 aliphatic heterocycles. The Morgan fingerprint density at radius 1 is 1.03 bits per heavy atom. The maximum Gasteiger partial charge on any atom is 0.335 e. The van der Waals surface area contributed by atoms with E-state index in [1.54, 1.807) is 6.92 Å². The highest BCUT2D eigenvalue weighted by Crippen LogP contribution is 2.30. The summed E-state index contributed by atoms with van der Waals surface area (Å²) in [5, 5.41) is 12.3. The molecule has 0 radical (unpaired) electrons. The summed E-state index contributed by atoms with van der Waals surface area (Å²) in [5.41, 5.74) is -0.190. The molecule has 0 spiro atoms. The van der Waals surface area contributed by atoms with Crippen LogP contribution in [0, 0.1) is 0 Å². The van der Waals surface area contributed by atoms with Gasteiger partial charge in [-0.15, -0.1) is 0 Å². The second-order valence-electron chi connectivity index (χ2n) is 7.12. The van der Waals surface area contributed by atoms with Gasteiger partial charge in [0.25, 0.3) is 0 Å². The summed E-state index contributed by atoms with van der Waals surface area (Å²) < 4.78 is 55.5. The Bertz CT molecular complexity index is 1110. The number of benzene rings is 2. The van der Waals surface area contributed by atoms with Gasteiger partial charge in [-0.1, -0.05) is 13.3 Å². The van der Waals surface area contributed by atoms with Crippen LogP contribution in [0.5, 0.6) is 11.5 Å². The molecule has 32 heavy (non-hydrogen) atoms. The van der Waals surface area contributed by atoms with E-state index in [2.05, 4.69) is 10.0 Å². The average Bonchev–Trinajstić information content (AvgIpc) is 2.75. The maximum atomic E-state index is 11.9. The molecule has 1 saturated heterocycles. The monoisotopic (exact) mass is 484 g/mol. The lowest BCUT2D eigenvalue weighted by molar-refractivity contribution is 0.0696. The van der Waals surface area contributed by atoms with Crippen molar-refractivity contribution in [2.24, 2.45) is 0 Å². The number of aromatic carboxylic acids is 1. The highest BCUT2D eigenvalue weighted by atomic mass is 32.2. The van der Waals surface area contributed by atoms with E-state index in [-0.39, 0.29) is 33.4 Å². The number of hydrogen-bond acceptors (Lipinski definition) is 7. The van der Waals surface area contributed by atoms with Crippen LogP contribution < -0.4 is 14.8 Å². The van der Waals surface area contributed by atoms with E-state index in [0.717, 1.165) is 12.3 Å². The highest BCUT2D eigenvalue weighted by molar-refractivity contribution is 7.90. The predicted octanol–water partition coefficient (Wildman–Crippen LogP) is 2.64. The molecule has 0 aromatic heterocycles. The van der Waals surface area contributed by atoms with Crippen LogP contribution in [-0.4, -0.2) is 53.8 Å². The third kappa shape index (κ3) is 7.59. The van der Waals surface area contributed by atoms with E-state index in [4.69, 9.17) is 9.84 Å². The molecule has 1 aliphatic rings. The fraction of sp³-hybridized carbons (Fsp3) is 0.381. The van der Waals surface area contributed by atoms with Crippen LogP contribution >= 0.6 is 0 Å². The zero-order valence-electron chi connectivity index (χ0n) is 18.0. The minimum Gasteiger partial charge on any atom is -0.478 e. The maximum absolute atomic E-state index is 11.9. The summed E-state index contributed by atoms with van der Waals surface area (Å²) in [6.45, 7) is 4.40. The Morgan fingerprint density at radius 3 is 2.09 bits per heavy atom. The molecule has 176 valence electrons. The topological polar surface area (TPSA) is 139 Å². The fourth-order valence-electron chi connectivity index (χ4n) is 2.90. The second kappa shape index (κ2) is 11.4. The molecule has 9 nitrogen and oxygen atoms in total. The van der Waals surface area contributed by atoms with Crippen molar-refractivity contribution in [2.45, 2.75) is 36.0 Å². The summed E-state index contributed by atoms with van der Waals surface area (Å²) >= 11 is 0. The minimum atomic E-state index is -3.74. The van der Waals surface area contributed by atoms with Crippen molar-refractivity contribution in [2.75, 3.05) is 25.9 Å². The standard InChI is InChI=1S/C16H17NO7S2.C5H11N/c1-3-17-26(22,23)13-7-5-12(6-8-13)24-14-9-4-11(16(18)19)10-15(14)25(2,20)21;1-2-4-6-5-3-1/h4-10,17H,3H2,1-2H3,(H,18,19);6H,1-5H2. The number of carboxylic acids is 1. The quantitative estimate of drug-likeness (QED) is 0.545. The Labute approximate surface area is 188 Å². The Balaban J connectivity index is 0.000000520. The van der Waals surface area contributed by atoms with Gasteiger partial charge in [-0.25, -0.2) is 26.4 Å². The van der Waals surface area contributed by atoms with E-state index in [1.807, 2.05) is 0 Å². The number of sulfone groups is 1. The molecule has 0 amide bonds. The van der Waals surface area contributed by atoms with Crippen LogP contribution in [0.4, 0.5) is 0 Å². The van der Waals surface area contributed by atoms with Crippen molar-refractivity contribution in [1.82, 2.24) is 10.0 Å². The number of carboxylic acid groups (broad SMARTS) is 1. The van der Waals surface area contributed by atoms with Gasteiger partial charge in [0, 0.05) is 12.8 Å². The molecular formula is C21H28N2O7S2. The lowest BCUT2D eigenvalue weighted by atomic mass is 10.2. The Hall–Kier alpha value is -2.47. The van der Waals surface area contributed by atoms with E-state index in [1.165, 1.54) is 68.8 Å².